The lowest BCUT2D eigenvalue weighted by molar-refractivity contribution is -0.146. The smallest absolute Gasteiger partial charge is 0.453 e. The molecule has 0 aliphatic carbocycles. The van der Waals surface area contributed by atoms with E-state index in [2.05, 4.69) is 15.5 Å². The number of para-hydroxylation sites is 1. The maximum Gasteiger partial charge on any atom is 0.453 e. The van der Waals surface area contributed by atoms with Crippen molar-refractivity contribution in [2.75, 3.05) is 0 Å². The van der Waals surface area contributed by atoms with E-state index in [-0.39, 0.29) is 16.8 Å². The summed E-state index contributed by atoms with van der Waals surface area (Å²) in [6.45, 7) is 0. The molecule has 1 heterocycles. The van der Waals surface area contributed by atoms with Gasteiger partial charge < -0.3 is 5.11 Å². The Morgan fingerprint density at radius 3 is 2.38 bits per heavy atom. The lowest BCUT2D eigenvalue weighted by atomic mass is 10.00. The zero-order valence-electron chi connectivity index (χ0n) is 11.9. The predicted molar refractivity (Wildman–Crippen MR) is 76.6 cm³/mol. The van der Waals surface area contributed by atoms with Gasteiger partial charge in [-0.05, 0) is 22.1 Å². The van der Waals surface area contributed by atoms with E-state index in [0.717, 1.165) is 0 Å². The summed E-state index contributed by atoms with van der Waals surface area (Å²) in [6.07, 6.45) is -4.83. The highest BCUT2D eigenvalue weighted by Gasteiger charge is 2.39. The van der Waals surface area contributed by atoms with E-state index in [0.29, 0.717) is 10.2 Å². The van der Waals surface area contributed by atoms with Crippen LogP contribution in [-0.2, 0) is 6.18 Å². The average Bonchev–Trinajstić information content (AvgIpc) is 3.04. The summed E-state index contributed by atoms with van der Waals surface area (Å²) in [5.41, 5.74) is 0.232. The Kier molecular flexibility index (Phi) is 3.76. The molecule has 0 amide bonds. The lowest BCUT2D eigenvalue weighted by Crippen LogP contribution is -2.17. The molecule has 3 aromatic rings. The molecule has 1 aromatic heterocycles. The molecule has 24 heavy (non-hydrogen) atoms. The maximum absolute atomic E-state index is 13.1. The maximum atomic E-state index is 13.1. The fourth-order valence-electron chi connectivity index (χ4n) is 2.31. The van der Waals surface area contributed by atoms with Gasteiger partial charge in [0.05, 0.1) is 11.3 Å². The molecule has 0 saturated carbocycles. The minimum absolute atomic E-state index is 0.242. The Labute approximate surface area is 133 Å². The zero-order valence-corrected chi connectivity index (χ0v) is 11.9. The van der Waals surface area contributed by atoms with Gasteiger partial charge in [-0.25, -0.2) is 4.79 Å². The summed E-state index contributed by atoms with van der Waals surface area (Å²) in [4.78, 5) is 11.5. The number of rotatable bonds is 3. The number of nitrogens with zero attached hydrogens (tertiary/aromatic N) is 4. The molecule has 0 fully saturated rings. The van der Waals surface area contributed by atoms with Crippen molar-refractivity contribution >= 4 is 5.97 Å². The van der Waals surface area contributed by atoms with Gasteiger partial charge in [0.1, 0.15) is 0 Å². The van der Waals surface area contributed by atoms with E-state index in [1.807, 2.05) is 0 Å². The van der Waals surface area contributed by atoms with Gasteiger partial charge in [-0.3, -0.25) is 0 Å². The van der Waals surface area contributed by atoms with Crippen LogP contribution in [0.15, 0.2) is 48.5 Å². The first-order valence-corrected chi connectivity index (χ1v) is 6.67. The van der Waals surface area contributed by atoms with Crippen molar-refractivity contribution in [2.24, 2.45) is 0 Å². The standard InChI is InChI=1S/C15H9F3N4O2/c16-15(17,18)14-19-20-21-22(14)12-10(9-5-2-1-3-6-9)7-4-8-11(12)13(23)24/h1-8H,(H,23,24). The molecular formula is C15H9F3N4O2. The number of halogens is 3. The number of aromatic nitrogens is 4. The summed E-state index contributed by atoms with van der Waals surface area (Å²) >= 11 is 0. The normalized spacial score (nSPS) is 11.5. The third-order valence-corrected chi connectivity index (χ3v) is 3.29. The van der Waals surface area contributed by atoms with Crippen molar-refractivity contribution in [3.63, 3.8) is 0 Å². The fourth-order valence-corrected chi connectivity index (χ4v) is 2.31. The first kappa shape index (κ1) is 15.7. The van der Waals surface area contributed by atoms with Crippen LogP contribution >= 0.6 is 0 Å². The number of carbonyl (C=O) groups is 1. The quantitative estimate of drug-likeness (QED) is 0.796. The second-order valence-electron chi connectivity index (χ2n) is 4.78. The molecule has 0 saturated heterocycles. The number of carboxylic acid groups (broad SMARTS) is 1. The van der Waals surface area contributed by atoms with Gasteiger partial charge in [0, 0.05) is 5.56 Å². The predicted octanol–water partition coefficient (Wildman–Crippen LogP) is 3.05. The van der Waals surface area contributed by atoms with Crippen molar-refractivity contribution in [3.05, 3.63) is 59.9 Å². The first-order chi connectivity index (χ1) is 11.4. The number of alkyl halides is 3. The third-order valence-electron chi connectivity index (χ3n) is 3.29. The molecule has 0 bridgehead atoms. The molecule has 0 unspecified atom stereocenters. The van der Waals surface area contributed by atoms with Gasteiger partial charge >= 0.3 is 12.1 Å². The molecule has 1 N–H and O–H groups in total. The first-order valence-electron chi connectivity index (χ1n) is 6.67. The van der Waals surface area contributed by atoms with Crippen LogP contribution in [0.2, 0.25) is 0 Å². The lowest BCUT2D eigenvalue weighted by Gasteiger charge is -2.14. The number of carboxylic acids is 1. The van der Waals surface area contributed by atoms with Crippen molar-refractivity contribution in [1.29, 1.82) is 0 Å². The Bertz CT molecular complexity index is 891. The highest BCUT2D eigenvalue weighted by atomic mass is 19.4. The van der Waals surface area contributed by atoms with Gasteiger partial charge in [0.15, 0.2) is 0 Å². The van der Waals surface area contributed by atoms with Crippen LogP contribution in [0.5, 0.6) is 0 Å². The van der Waals surface area contributed by atoms with E-state index >= 15 is 0 Å². The summed E-state index contributed by atoms with van der Waals surface area (Å²) in [5.74, 6) is -2.78. The SMILES string of the molecule is O=C(O)c1cccc(-c2ccccc2)c1-n1nnnc1C(F)(F)F. The number of tetrazole rings is 1. The molecule has 122 valence electrons. The van der Waals surface area contributed by atoms with Gasteiger partial charge in [0.2, 0.25) is 0 Å². The topological polar surface area (TPSA) is 80.9 Å². The van der Waals surface area contributed by atoms with E-state index in [1.165, 1.54) is 18.2 Å². The molecule has 0 atom stereocenters. The minimum Gasteiger partial charge on any atom is -0.478 e. The Balaban J connectivity index is 2.35. The van der Waals surface area contributed by atoms with Crippen molar-refractivity contribution in [3.8, 4) is 16.8 Å². The van der Waals surface area contributed by atoms with E-state index in [1.54, 1.807) is 30.3 Å². The second kappa shape index (κ2) is 5.76. The van der Waals surface area contributed by atoms with Gasteiger partial charge in [0.25, 0.3) is 5.82 Å². The van der Waals surface area contributed by atoms with Gasteiger partial charge in [-0.15, -0.1) is 5.10 Å². The third kappa shape index (κ3) is 2.71. The summed E-state index contributed by atoms with van der Waals surface area (Å²) in [7, 11) is 0. The molecule has 2 aromatic carbocycles. The molecule has 0 spiro atoms. The van der Waals surface area contributed by atoms with E-state index in [9.17, 15) is 23.1 Å². The average molecular weight is 334 g/mol. The van der Waals surface area contributed by atoms with Crippen molar-refractivity contribution in [1.82, 2.24) is 20.2 Å². The Morgan fingerprint density at radius 2 is 1.75 bits per heavy atom. The highest BCUT2D eigenvalue weighted by Crippen LogP contribution is 2.34. The summed E-state index contributed by atoms with van der Waals surface area (Å²) in [5, 5.41) is 18.8. The van der Waals surface area contributed by atoms with Crippen LogP contribution in [0.3, 0.4) is 0 Å². The molecule has 6 nitrogen and oxygen atoms in total. The van der Waals surface area contributed by atoms with Crippen LogP contribution in [-0.4, -0.2) is 31.3 Å². The Hall–Kier alpha value is -3.23. The highest BCUT2D eigenvalue weighted by molar-refractivity contribution is 5.96. The number of hydrogen-bond acceptors (Lipinski definition) is 4. The molecule has 0 aliphatic heterocycles. The number of hydrogen-bond donors (Lipinski definition) is 1. The van der Waals surface area contributed by atoms with Crippen LogP contribution in [0.25, 0.3) is 16.8 Å². The minimum atomic E-state index is -4.83. The largest absolute Gasteiger partial charge is 0.478 e. The zero-order chi connectivity index (χ0) is 17.3. The molecule has 0 radical (unpaired) electrons. The molecule has 0 aliphatic rings. The van der Waals surface area contributed by atoms with E-state index < -0.39 is 18.0 Å². The fraction of sp³-hybridized carbons (Fsp3) is 0.0667. The number of aromatic carboxylic acids is 1. The van der Waals surface area contributed by atoms with Crippen LogP contribution in [0, 0.1) is 0 Å². The van der Waals surface area contributed by atoms with Gasteiger partial charge in [-0.1, -0.05) is 42.5 Å². The number of benzene rings is 2. The van der Waals surface area contributed by atoms with E-state index in [4.69, 9.17) is 0 Å². The van der Waals surface area contributed by atoms with Crippen LogP contribution in [0.1, 0.15) is 16.2 Å². The monoisotopic (exact) mass is 334 g/mol. The molecule has 9 heteroatoms. The van der Waals surface area contributed by atoms with Crippen molar-refractivity contribution in [2.45, 2.75) is 6.18 Å². The molecule has 3 rings (SSSR count). The second-order valence-corrected chi connectivity index (χ2v) is 4.78. The summed E-state index contributed by atoms with van der Waals surface area (Å²) < 4.78 is 39.8. The van der Waals surface area contributed by atoms with Crippen LogP contribution < -0.4 is 0 Å². The summed E-state index contributed by atoms with van der Waals surface area (Å²) in [6, 6.07) is 12.6. The van der Waals surface area contributed by atoms with Gasteiger partial charge in [-0.2, -0.15) is 17.9 Å². The molecular weight excluding hydrogens is 325 g/mol. The van der Waals surface area contributed by atoms with Crippen molar-refractivity contribution < 1.29 is 23.1 Å². The van der Waals surface area contributed by atoms with Crippen LogP contribution in [0.4, 0.5) is 13.2 Å². The Morgan fingerprint density at radius 1 is 1.04 bits per heavy atom.